The van der Waals surface area contributed by atoms with E-state index in [4.69, 9.17) is 16.1 Å². The van der Waals surface area contributed by atoms with Crippen LogP contribution in [0.25, 0.3) is 11.4 Å². The van der Waals surface area contributed by atoms with E-state index in [9.17, 15) is 9.59 Å². The number of methoxy groups -OCH3 is 1. The second-order valence-electron chi connectivity index (χ2n) is 5.64. The summed E-state index contributed by atoms with van der Waals surface area (Å²) in [5.74, 6) is 0.0983. The normalized spacial score (nSPS) is 10.4. The molecule has 0 radical (unpaired) electrons. The number of benzene rings is 2. The second-order valence-corrected chi connectivity index (χ2v) is 6.08. The number of rotatable bonds is 6. The molecule has 0 unspecified atom stereocenters. The number of aromatic nitrogens is 2. The number of hydrogen-bond acceptors (Lipinski definition) is 6. The van der Waals surface area contributed by atoms with E-state index in [1.54, 1.807) is 48.5 Å². The van der Waals surface area contributed by atoms with E-state index < -0.39 is 5.97 Å². The Morgan fingerprint density at radius 1 is 1.19 bits per heavy atom. The van der Waals surface area contributed by atoms with Crippen LogP contribution in [0.4, 0.5) is 5.69 Å². The number of nitrogens with one attached hydrogen (secondary N) is 1. The third-order valence-corrected chi connectivity index (χ3v) is 3.96. The molecule has 138 valence electrons. The Balaban J connectivity index is 1.57. The maximum Gasteiger partial charge on any atom is 0.337 e. The average molecular weight is 386 g/mol. The first-order valence-electron chi connectivity index (χ1n) is 8.12. The molecule has 0 aliphatic carbocycles. The lowest BCUT2D eigenvalue weighted by molar-refractivity contribution is -0.116. The molecule has 1 amide bonds. The van der Waals surface area contributed by atoms with E-state index in [0.717, 1.165) is 5.56 Å². The SMILES string of the molecule is COC(=O)c1cccc(NC(=O)CCc2nc(-c3ccc(Cl)cc3)no2)c1. The first kappa shape index (κ1) is 18.6. The molecule has 0 saturated carbocycles. The lowest BCUT2D eigenvalue weighted by Gasteiger charge is -2.06. The molecule has 1 N–H and O–H groups in total. The molecular weight excluding hydrogens is 370 g/mol. The van der Waals surface area contributed by atoms with Crippen LogP contribution in [-0.2, 0) is 16.0 Å². The van der Waals surface area contributed by atoms with E-state index in [0.29, 0.717) is 34.4 Å². The van der Waals surface area contributed by atoms with Crippen LogP contribution in [0, 0.1) is 0 Å². The van der Waals surface area contributed by atoms with Gasteiger partial charge in [0.1, 0.15) is 0 Å². The summed E-state index contributed by atoms with van der Waals surface area (Å²) in [6, 6.07) is 13.6. The maximum absolute atomic E-state index is 12.1. The van der Waals surface area contributed by atoms with Crippen molar-refractivity contribution in [2.75, 3.05) is 12.4 Å². The van der Waals surface area contributed by atoms with Crippen molar-refractivity contribution in [1.82, 2.24) is 10.1 Å². The van der Waals surface area contributed by atoms with Gasteiger partial charge < -0.3 is 14.6 Å². The summed E-state index contributed by atoms with van der Waals surface area (Å²) < 4.78 is 9.84. The zero-order valence-electron chi connectivity index (χ0n) is 14.4. The number of carbonyl (C=O) groups excluding carboxylic acids is 2. The van der Waals surface area contributed by atoms with E-state index in [2.05, 4.69) is 20.2 Å². The van der Waals surface area contributed by atoms with Gasteiger partial charge in [0, 0.05) is 29.1 Å². The number of ether oxygens (including phenoxy) is 1. The van der Waals surface area contributed by atoms with Gasteiger partial charge in [0.25, 0.3) is 0 Å². The molecule has 27 heavy (non-hydrogen) atoms. The molecule has 1 heterocycles. The van der Waals surface area contributed by atoms with Gasteiger partial charge in [-0.2, -0.15) is 4.98 Å². The maximum atomic E-state index is 12.1. The molecule has 7 nitrogen and oxygen atoms in total. The number of hydrogen-bond donors (Lipinski definition) is 1. The van der Waals surface area contributed by atoms with Crippen LogP contribution in [0.15, 0.2) is 53.1 Å². The summed E-state index contributed by atoms with van der Waals surface area (Å²) in [5.41, 5.74) is 1.65. The quantitative estimate of drug-likeness (QED) is 0.649. The number of carbonyl (C=O) groups is 2. The minimum atomic E-state index is -0.466. The van der Waals surface area contributed by atoms with Gasteiger partial charge in [0.15, 0.2) is 0 Å². The van der Waals surface area contributed by atoms with Crippen LogP contribution < -0.4 is 5.32 Å². The van der Waals surface area contributed by atoms with Crippen molar-refractivity contribution in [2.24, 2.45) is 0 Å². The highest BCUT2D eigenvalue weighted by Crippen LogP contribution is 2.19. The third kappa shape index (κ3) is 4.92. The van der Waals surface area contributed by atoms with E-state index in [1.165, 1.54) is 7.11 Å². The summed E-state index contributed by atoms with van der Waals surface area (Å²) in [5, 5.41) is 7.25. The van der Waals surface area contributed by atoms with Crippen molar-refractivity contribution in [2.45, 2.75) is 12.8 Å². The highest BCUT2D eigenvalue weighted by molar-refractivity contribution is 6.30. The number of esters is 1. The van der Waals surface area contributed by atoms with Gasteiger partial charge in [-0.15, -0.1) is 0 Å². The van der Waals surface area contributed by atoms with Gasteiger partial charge in [-0.05, 0) is 42.5 Å². The number of halogens is 1. The van der Waals surface area contributed by atoms with Crippen molar-refractivity contribution >= 4 is 29.2 Å². The Morgan fingerprint density at radius 3 is 2.70 bits per heavy atom. The molecule has 0 aliphatic heterocycles. The molecule has 0 aliphatic rings. The van der Waals surface area contributed by atoms with E-state index in [-0.39, 0.29) is 12.3 Å². The average Bonchev–Trinajstić information content (AvgIpc) is 3.15. The standard InChI is InChI=1S/C19H16ClN3O4/c1-26-19(25)13-3-2-4-15(11-13)21-16(24)9-10-17-22-18(23-27-17)12-5-7-14(20)8-6-12/h2-8,11H,9-10H2,1H3,(H,21,24). The third-order valence-electron chi connectivity index (χ3n) is 3.70. The largest absolute Gasteiger partial charge is 0.465 e. The zero-order chi connectivity index (χ0) is 19.2. The zero-order valence-corrected chi connectivity index (χ0v) is 15.2. The van der Waals surface area contributed by atoms with Crippen LogP contribution >= 0.6 is 11.6 Å². The number of nitrogens with zero attached hydrogens (tertiary/aromatic N) is 2. The predicted molar refractivity (Wildman–Crippen MR) is 99.5 cm³/mol. The van der Waals surface area contributed by atoms with Crippen LogP contribution in [-0.4, -0.2) is 29.1 Å². The van der Waals surface area contributed by atoms with Crippen LogP contribution in [0.1, 0.15) is 22.7 Å². The highest BCUT2D eigenvalue weighted by Gasteiger charge is 2.12. The van der Waals surface area contributed by atoms with Gasteiger partial charge in [0.2, 0.25) is 17.6 Å². The smallest absolute Gasteiger partial charge is 0.337 e. The second kappa shape index (κ2) is 8.46. The van der Waals surface area contributed by atoms with Gasteiger partial charge in [-0.25, -0.2) is 4.79 Å². The Bertz CT molecular complexity index is 954. The van der Waals surface area contributed by atoms with Crippen LogP contribution in [0.5, 0.6) is 0 Å². The minimum absolute atomic E-state index is 0.157. The molecule has 3 rings (SSSR count). The topological polar surface area (TPSA) is 94.3 Å². The van der Waals surface area contributed by atoms with Gasteiger partial charge in [-0.1, -0.05) is 22.8 Å². The lowest BCUT2D eigenvalue weighted by Crippen LogP contribution is -2.13. The highest BCUT2D eigenvalue weighted by atomic mass is 35.5. The number of aryl methyl sites for hydroxylation is 1. The molecule has 3 aromatic rings. The van der Waals surface area contributed by atoms with Crippen LogP contribution in [0.2, 0.25) is 5.02 Å². The Hall–Kier alpha value is -3.19. The summed E-state index contributed by atoms with van der Waals surface area (Å²) in [7, 11) is 1.30. The number of amides is 1. The fourth-order valence-electron chi connectivity index (χ4n) is 2.36. The van der Waals surface area contributed by atoms with Crippen molar-refractivity contribution in [3.8, 4) is 11.4 Å². The first-order valence-corrected chi connectivity index (χ1v) is 8.49. The fraction of sp³-hybridized carbons (Fsp3) is 0.158. The summed E-state index contributed by atoms with van der Waals surface area (Å²) in [6.45, 7) is 0. The van der Waals surface area contributed by atoms with Crippen molar-refractivity contribution in [3.63, 3.8) is 0 Å². The van der Waals surface area contributed by atoms with E-state index >= 15 is 0 Å². The Labute approximate surface area is 160 Å². The van der Waals surface area contributed by atoms with Gasteiger partial charge in [-0.3, -0.25) is 4.79 Å². The summed E-state index contributed by atoms with van der Waals surface area (Å²) in [6.07, 6.45) is 0.452. The monoisotopic (exact) mass is 385 g/mol. The van der Waals surface area contributed by atoms with Crippen molar-refractivity contribution < 1.29 is 18.8 Å². The first-order chi connectivity index (χ1) is 13.0. The molecule has 1 aromatic heterocycles. The lowest BCUT2D eigenvalue weighted by atomic mass is 10.2. The van der Waals surface area contributed by atoms with Crippen LogP contribution in [0.3, 0.4) is 0 Å². The van der Waals surface area contributed by atoms with Crippen molar-refractivity contribution in [3.05, 3.63) is 65.0 Å². The molecule has 0 saturated heterocycles. The Kier molecular flexibility index (Phi) is 5.83. The van der Waals surface area contributed by atoms with Gasteiger partial charge in [0.05, 0.1) is 12.7 Å². The molecule has 0 spiro atoms. The molecule has 8 heteroatoms. The van der Waals surface area contributed by atoms with E-state index in [1.807, 2.05) is 0 Å². The molecule has 0 bridgehead atoms. The molecule has 0 fully saturated rings. The minimum Gasteiger partial charge on any atom is -0.465 e. The molecule has 0 atom stereocenters. The predicted octanol–water partition coefficient (Wildman–Crippen LogP) is 3.75. The molecular formula is C19H16ClN3O4. The summed E-state index contributed by atoms with van der Waals surface area (Å²) >= 11 is 5.86. The number of anilines is 1. The van der Waals surface area contributed by atoms with Crippen molar-refractivity contribution in [1.29, 1.82) is 0 Å². The fourth-order valence-corrected chi connectivity index (χ4v) is 2.48. The Morgan fingerprint density at radius 2 is 1.96 bits per heavy atom. The summed E-state index contributed by atoms with van der Waals surface area (Å²) in [4.78, 5) is 27.9. The molecule has 2 aromatic carbocycles. The van der Waals surface area contributed by atoms with Gasteiger partial charge >= 0.3 is 5.97 Å².